The second kappa shape index (κ2) is 8.00. The Bertz CT molecular complexity index is 269. The number of benzene rings is 1. The summed E-state index contributed by atoms with van der Waals surface area (Å²) in [5, 5.41) is 3.38. The fourth-order valence-corrected chi connectivity index (χ4v) is 1.37. The van der Waals surface area contributed by atoms with Crippen molar-refractivity contribution in [2.75, 3.05) is 19.6 Å². The minimum absolute atomic E-state index is 0.814. The van der Waals surface area contributed by atoms with Crippen molar-refractivity contribution >= 4 is 6.34 Å². The average molecular weight is 205 g/mol. The van der Waals surface area contributed by atoms with Gasteiger partial charge >= 0.3 is 0 Å². The highest BCUT2D eigenvalue weighted by atomic mass is 14.9. The number of rotatable bonds is 7. The quantitative estimate of drug-likeness (QED) is 0.399. The van der Waals surface area contributed by atoms with Gasteiger partial charge in [-0.2, -0.15) is 0 Å². The second-order valence-electron chi connectivity index (χ2n) is 3.39. The molecule has 0 aromatic heterocycles. The molecule has 0 amide bonds. The first-order valence-corrected chi connectivity index (χ1v) is 5.38. The van der Waals surface area contributed by atoms with Gasteiger partial charge in [0.25, 0.3) is 0 Å². The Balaban J connectivity index is 1.98. The largest absolute Gasteiger partial charge is 0.390 e. The SMILES string of the molecule is NC=NCCCNCCc1ccccc1. The van der Waals surface area contributed by atoms with E-state index in [1.807, 2.05) is 6.07 Å². The highest BCUT2D eigenvalue weighted by Crippen LogP contribution is 1.97. The molecule has 0 aliphatic rings. The highest BCUT2D eigenvalue weighted by molar-refractivity contribution is 5.50. The molecule has 0 fully saturated rings. The lowest BCUT2D eigenvalue weighted by molar-refractivity contribution is 0.654. The number of aliphatic imine (C=N–C) groups is 1. The van der Waals surface area contributed by atoms with Crippen molar-refractivity contribution in [1.82, 2.24) is 5.32 Å². The van der Waals surface area contributed by atoms with E-state index in [1.54, 1.807) is 0 Å². The van der Waals surface area contributed by atoms with E-state index in [0.29, 0.717) is 0 Å². The van der Waals surface area contributed by atoms with Crippen molar-refractivity contribution in [2.45, 2.75) is 12.8 Å². The molecular weight excluding hydrogens is 186 g/mol. The van der Waals surface area contributed by atoms with E-state index in [0.717, 1.165) is 32.5 Å². The van der Waals surface area contributed by atoms with Crippen LogP contribution in [0.5, 0.6) is 0 Å². The molecule has 15 heavy (non-hydrogen) atoms. The van der Waals surface area contributed by atoms with Crippen LogP contribution in [0, 0.1) is 0 Å². The zero-order valence-electron chi connectivity index (χ0n) is 9.02. The van der Waals surface area contributed by atoms with Gasteiger partial charge in [0, 0.05) is 6.54 Å². The summed E-state index contributed by atoms with van der Waals surface area (Å²) in [6, 6.07) is 10.5. The summed E-state index contributed by atoms with van der Waals surface area (Å²) in [6.07, 6.45) is 3.49. The van der Waals surface area contributed by atoms with E-state index in [9.17, 15) is 0 Å². The maximum Gasteiger partial charge on any atom is 0.0797 e. The lowest BCUT2D eigenvalue weighted by atomic mass is 10.1. The smallest absolute Gasteiger partial charge is 0.0797 e. The molecule has 0 bridgehead atoms. The molecular formula is C12H19N3. The first-order chi connectivity index (χ1) is 7.43. The molecule has 0 heterocycles. The van der Waals surface area contributed by atoms with Gasteiger partial charge in [-0.15, -0.1) is 0 Å². The van der Waals surface area contributed by atoms with Crippen LogP contribution in [0.4, 0.5) is 0 Å². The van der Waals surface area contributed by atoms with Crippen molar-refractivity contribution in [3.63, 3.8) is 0 Å². The third kappa shape index (κ3) is 5.86. The molecule has 0 aliphatic carbocycles. The van der Waals surface area contributed by atoms with Crippen molar-refractivity contribution in [3.05, 3.63) is 35.9 Å². The molecule has 1 aromatic rings. The van der Waals surface area contributed by atoms with Crippen molar-refractivity contribution in [3.8, 4) is 0 Å². The zero-order chi connectivity index (χ0) is 10.8. The average Bonchev–Trinajstić information content (AvgIpc) is 2.29. The number of nitrogens with two attached hydrogens (primary N) is 1. The summed E-state index contributed by atoms with van der Waals surface area (Å²) in [5.41, 5.74) is 6.51. The van der Waals surface area contributed by atoms with Crippen molar-refractivity contribution in [2.24, 2.45) is 10.7 Å². The Kier molecular flexibility index (Phi) is 6.25. The molecule has 0 aliphatic heterocycles. The number of hydrogen-bond acceptors (Lipinski definition) is 2. The summed E-state index contributed by atoms with van der Waals surface area (Å²) in [5.74, 6) is 0. The first-order valence-electron chi connectivity index (χ1n) is 5.38. The molecule has 1 rings (SSSR count). The van der Waals surface area contributed by atoms with Crippen LogP contribution >= 0.6 is 0 Å². The minimum Gasteiger partial charge on any atom is -0.390 e. The van der Waals surface area contributed by atoms with Gasteiger partial charge in [-0.3, -0.25) is 4.99 Å². The van der Waals surface area contributed by atoms with E-state index in [4.69, 9.17) is 5.73 Å². The Morgan fingerprint density at radius 3 is 2.73 bits per heavy atom. The molecule has 1 aromatic carbocycles. The van der Waals surface area contributed by atoms with Gasteiger partial charge in [0.1, 0.15) is 0 Å². The fourth-order valence-electron chi connectivity index (χ4n) is 1.37. The van der Waals surface area contributed by atoms with Gasteiger partial charge in [-0.1, -0.05) is 30.3 Å². The number of hydrogen-bond donors (Lipinski definition) is 2. The summed E-state index contributed by atoms with van der Waals surface area (Å²) in [7, 11) is 0. The van der Waals surface area contributed by atoms with Gasteiger partial charge < -0.3 is 11.1 Å². The van der Waals surface area contributed by atoms with Crippen molar-refractivity contribution < 1.29 is 0 Å². The zero-order valence-corrected chi connectivity index (χ0v) is 9.02. The summed E-state index contributed by atoms with van der Waals surface area (Å²) in [6.45, 7) is 2.84. The minimum atomic E-state index is 0.814. The molecule has 0 atom stereocenters. The van der Waals surface area contributed by atoms with Crippen LogP contribution in [0.1, 0.15) is 12.0 Å². The third-order valence-corrected chi connectivity index (χ3v) is 2.18. The molecule has 3 heteroatoms. The predicted molar refractivity (Wildman–Crippen MR) is 65.2 cm³/mol. The fraction of sp³-hybridized carbons (Fsp3) is 0.417. The Labute approximate surface area is 91.4 Å². The highest BCUT2D eigenvalue weighted by Gasteiger charge is 1.90. The Morgan fingerprint density at radius 2 is 2.00 bits per heavy atom. The van der Waals surface area contributed by atoms with Crippen LogP contribution in [0.2, 0.25) is 0 Å². The van der Waals surface area contributed by atoms with E-state index in [2.05, 4.69) is 34.6 Å². The third-order valence-electron chi connectivity index (χ3n) is 2.18. The Hall–Kier alpha value is -1.35. The van der Waals surface area contributed by atoms with Gasteiger partial charge in [0.05, 0.1) is 6.34 Å². The molecule has 82 valence electrons. The summed E-state index contributed by atoms with van der Waals surface area (Å²) in [4.78, 5) is 3.94. The summed E-state index contributed by atoms with van der Waals surface area (Å²) >= 11 is 0. The van der Waals surface area contributed by atoms with Crippen LogP contribution in [-0.4, -0.2) is 26.0 Å². The lowest BCUT2D eigenvalue weighted by Crippen LogP contribution is -2.19. The molecule has 0 saturated heterocycles. The van der Waals surface area contributed by atoms with Crippen LogP contribution in [-0.2, 0) is 6.42 Å². The monoisotopic (exact) mass is 205 g/mol. The molecule has 0 saturated carbocycles. The van der Waals surface area contributed by atoms with E-state index < -0.39 is 0 Å². The van der Waals surface area contributed by atoms with E-state index >= 15 is 0 Å². The van der Waals surface area contributed by atoms with Crippen LogP contribution < -0.4 is 11.1 Å². The standard InChI is InChI=1S/C12H19N3/c13-11-15-9-4-8-14-10-7-12-5-2-1-3-6-12/h1-3,5-6,11,14H,4,7-10H2,(H2,13,15). The van der Waals surface area contributed by atoms with Gasteiger partial charge in [0.15, 0.2) is 0 Å². The normalized spacial score (nSPS) is 10.9. The molecule has 3 N–H and O–H groups in total. The number of nitrogens with one attached hydrogen (secondary N) is 1. The predicted octanol–water partition coefficient (Wildman–Crippen LogP) is 1.20. The topological polar surface area (TPSA) is 50.4 Å². The lowest BCUT2D eigenvalue weighted by Gasteiger charge is -2.03. The molecule has 0 unspecified atom stereocenters. The molecule has 0 spiro atoms. The van der Waals surface area contributed by atoms with Crippen LogP contribution in [0.15, 0.2) is 35.3 Å². The van der Waals surface area contributed by atoms with Crippen LogP contribution in [0.3, 0.4) is 0 Å². The van der Waals surface area contributed by atoms with Gasteiger partial charge in [-0.25, -0.2) is 0 Å². The van der Waals surface area contributed by atoms with Crippen LogP contribution in [0.25, 0.3) is 0 Å². The van der Waals surface area contributed by atoms with Crippen molar-refractivity contribution in [1.29, 1.82) is 0 Å². The second-order valence-corrected chi connectivity index (χ2v) is 3.39. The molecule has 0 radical (unpaired) electrons. The molecule has 3 nitrogen and oxygen atoms in total. The maximum absolute atomic E-state index is 5.13. The first kappa shape index (κ1) is 11.7. The summed E-state index contributed by atoms with van der Waals surface area (Å²) < 4.78 is 0. The Morgan fingerprint density at radius 1 is 1.20 bits per heavy atom. The van der Waals surface area contributed by atoms with E-state index in [-0.39, 0.29) is 0 Å². The van der Waals surface area contributed by atoms with Gasteiger partial charge in [0.2, 0.25) is 0 Å². The maximum atomic E-state index is 5.13. The van der Waals surface area contributed by atoms with E-state index in [1.165, 1.54) is 11.9 Å². The van der Waals surface area contributed by atoms with Gasteiger partial charge in [-0.05, 0) is 31.5 Å². The number of nitrogens with zero attached hydrogens (tertiary/aromatic N) is 1.